The van der Waals surface area contributed by atoms with E-state index in [0.717, 1.165) is 39.1 Å². The first kappa shape index (κ1) is 11.5. The molecule has 0 radical (unpaired) electrons. The lowest BCUT2D eigenvalue weighted by atomic mass is 10.2. The molecule has 14 heavy (non-hydrogen) atoms. The van der Waals surface area contributed by atoms with E-state index in [-0.39, 0.29) is 5.91 Å². The molecule has 0 unspecified atom stereocenters. The van der Waals surface area contributed by atoms with Crippen LogP contribution in [0.1, 0.15) is 19.3 Å². The van der Waals surface area contributed by atoms with Gasteiger partial charge in [-0.3, -0.25) is 4.79 Å². The zero-order valence-corrected chi connectivity index (χ0v) is 8.92. The molecule has 1 aliphatic heterocycles. The van der Waals surface area contributed by atoms with Gasteiger partial charge in [0.15, 0.2) is 0 Å². The molecule has 1 aliphatic rings. The molecule has 4 nitrogen and oxygen atoms in total. The molecule has 0 aromatic carbocycles. The first-order valence-electron chi connectivity index (χ1n) is 5.34. The molecule has 0 aliphatic carbocycles. The summed E-state index contributed by atoms with van der Waals surface area (Å²) in [5.41, 5.74) is 0. The van der Waals surface area contributed by atoms with Crippen LogP contribution in [0.25, 0.3) is 0 Å². The van der Waals surface area contributed by atoms with Crippen molar-refractivity contribution in [1.82, 2.24) is 10.2 Å². The summed E-state index contributed by atoms with van der Waals surface area (Å²) in [6.45, 7) is 4.02. The van der Waals surface area contributed by atoms with E-state index in [9.17, 15) is 4.79 Å². The van der Waals surface area contributed by atoms with Gasteiger partial charge in [0.25, 0.3) is 0 Å². The lowest BCUT2D eigenvalue weighted by Crippen LogP contribution is -2.33. The first-order chi connectivity index (χ1) is 6.84. The SMILES string of the molecule is CNCCCC(=O)N1CCCOCC1. The van der Waals surface area contributed by atoms with Gasteiger partial charge in [-0.05, 0) is 26.4 Å². The molecule has 1 heterocycles. The molecule has 1 saturated heterocycles. The molecule has 1 N–H and O–H groups in total. The van der Waals surface area contributed by atoms with Crippen LogP contribution in [0.15, 0.2) is 0 Å². The fourth-order valence-corrected chi connectivity index (χ4v) is 1.57. The van der Waals surface area contributed by atoms with Gasteiger partial charge >= 0.3 is 0 Å². The maximum atomic E-state index is 11.7. The highest BCUT2D eigenvalue weighted by molar-refractivity contribution is 5.76. The number of carbonyl (C=O) groups is 1. The average Bonchev–Trinajstić information content (AvgIpc) is 2.46. The zero-order valence-electron chi connectivity index (χ0n) is 8.92. The summed E-state index contributed by atoms with van der Waals surface area (Å²) >= 11 is 0. The number of nitrogens with zero attached hydrogens (tertiary/aromatic N) is 1. The van der Waals surface area contributed by atoms with E-state index in [2.05, 4.69) is 5.32 Å². The Morgan fingerprint density at radius 2 is 2.29 bits per heavy atom. The van der Waals surface area contributed by atoms with Crippen molar-refractivity contribution in [3.05, 3.63) is 0 Å². The second kappa shape index (κ2) is 6.79. The molecular formula is C10H20N2O2. The molecular weight excluding hydrogens is 180 g/mol. The van der Waals surface area contributed by atoms with Gasteiger partial charge in [-0.25, -0.2) is 0 Å². The lowest BCUT2D eigenvalue weighted by Gasteiger charge is -2.19. The normalized spacial score (nSPS) is 17.9. The third-order valence-corrected chi connectivity index (χ3v) is 2.39. The Morgan fingerprint density at radius 1 is 1.43 bits per heavy atom. The number of ether oxygens (including phenoxy) is 1. The van der Waals surface area contributed by atoms with E-state index < -0.39 is 0 Å². The van der Waals surface area contributed by atoms with Crippen LogP contribution in [0.4, 0.5) is 0 Å². The summed E-state index contributed by atoms with van der Waals surface area (Å²) in [5.74, 6) is 0.269. The fourth-order valence-electron chi connectivity index (χ4n) is 1.57. The number of amides is 1. The molecule has 4 heteroatoms. The number of hydrogen-bond acceptors (Lipinski definition) is 3. The van der Waals surface area contributed by atoms with Gasteiger partial charge in [0, 0.05) is 26.1 Å². The van der Waals surface area contributed by atoms with Crippen LogP contribution in [-0.2, 0) is 9.53 Å². The van der Waals surface area contributed by atoms with Crippen molar-refractivity contribution < 1.29 is 9.53 Å². The number of carbonyl (C=O) groups excluding carboxylic acids is 1. The second-order valence-corrected chi connectivity index (χ2v) is 3.55. The van der Waals surface area contributed by atoms with Gasteiger partial charge in [0.05, 0.1) is 6.61 Å². The predicted molar refractivity (Wildman–Crippen MR) is 55.2 cm³/mol. The van der Waals surface area contributed by atoms with Crippen LogP contribution in [-0.4, -0.2) is 50.7 Å². The zero-order chi connectivity index (χ0) is 10.2. The van der Waals surface area contributed by atoms with E-state index in [1.165, 1.54) is 0 Å². The maximum absolute atomic E-state index is 11.7. The van der Waals surface area contributed by atoms with E-state index in [1.54, 1.807) is 0 Å². The van der Waals surface area contributed by atoms with Crippen molar-refractivity contribution in [3.8, 4) is 0 Å². The van der Waals surface area contributed by atoms with Gasteiger partial charge in [-0.15, -0.1) is 0 Å². The van der Waals surface area contributed by atoms with Crippen LogP contribution in [0.3, 0.4) is 0 Å². The minimum Gasteiger partial charge on any atom is -0.380 e. The maximum Gasteiger partial charge on any atom is 0.222 e. The van der Waals surface area contributed by atoms with Crippen molar-refractivity contribution in [1.29, 1.82) is 0 Å². The Balaban J connectivity index is 2.20. The van der Waals surface area contributed by atoms with Crippen LogP contribution >= 0.6 is 0 Å². The van der Waals surface area contributed by atoms with E-state index in [0.29, 0.717) is 13.0 Å². The predicted octanol–water partition coefficient (Wildman–Crippen LogP) is 0.235. The smallest absolute Gasteiger partial charge is 0.222 e. The van der Waals surface area contributed by atoms with Crippen molar-refractivity contribution in [2.24, 2.45) is 0 Å². The van der Waals surface area contributed by atoms with E-state index >= 15 is 0 Å². The van der Waals surface area contributed by atoms with Crippen molar-refractivity contribution >= 4 is 5.91 Å². The van der Waals surface area contributed by atoms with Gasteiger partial charge < -0.3 is 15.0 Å². The summed E-state index contributed by atoms with van der Waals surface area (Å²) in [4.78, 5) is 13.6. The lowest BCUT2D eigenvalue weighted by molar-refractivity contribution is -0.131. The molecule has 0 aromatic heterocycles. The molecule has 1 rings (SSSR count). The topological polar surface area (TPSA) is 41.6 Å². The minimum absolute atomic E-state index is 0.269. The molecule has 0 saturated carbocycles. The monoisotopic (exact) mass is 200 g/mol. The highest BCUT2D eigenvalue weighted by Crippen LogP contribution is 2.02. The van der Waals surface area contributed by atoms with E-state index in [4.69, 9.17) is 4.74 Å². The quantitative estimate of drug-likeness (QED) is 0.661. The Bertz CT molecular complexity index is 166. The molecule has 0 spiro atoms. The summed E-state index contributed by atoms with van der Waals surface area (Å²) < 4.78 is 5.29. The average molecular weight is 200 g/mol. The van der Waals surface area contributed by atoms with Crippen LogP contribution in [0.5, 0.6) is 0 Å². The Kier molecular flexibility index (Phi) is 5.56. The second-order valence-electron chi connectivity index (χ2n) is 3.55. The molecule has 82 valence electrons. The van der Waals surface area contributed by atoms with Gasteiger partial charge in [0.2, 0.25) is 5.91 Å². The molecule has 0 atom stereocenters. The van der Waals surface area contributed by atoms with Crippen LogP contribution < -0.4 is 5.32 Å². The Hall–Kier alpha value is -0.610. The molecule has 1 fully saturated rings. The fraction of sp³-hybridized carbons (Fsp3) is 0.900. The van der Waals surface area contributed by atoms with Gasteiger partial charge in [-0.2, -0.15) is 0 Å². The summed E-state index contributed by atoms with van der Waals surface area (Å²) in [6, 6.07) is 0. The Morgan fingerprint density at radius 3 is 3.07 bits per heavy atom. The standard InChI is InChI=1S/C10H20N2O2/c1-11-5-2-4-10(13)12-6-3-8-14-9-7-12/h11H,2-9H2,1H3. The molecule has 1 amide bonds. The van der Waals surface area contributed by atoms with Crippen LogP contribution in [0, 0.1) is 0 Å². The highest BCUT2D eigenvalue weighted by Gasteiger charge is 2.14. The summed E-state index contributed by atoms with van der Waals surface area (Å²) in [5, 5.41) is 3.04. The summed E-state index contributed by atoms with van der Waals surface area (Å²) in [7, 11) is 1.91. The van der Waals surface area contributed by atoms with Crippen LogP contribution in [0.2, 0.25) is 0 Å². The third kappa shape index (κ3) is 4.07. The number of rotatable bonds is 4. The Labute approximate surface area is 85.6 Å². The molecule has 0 bridgehead atoms. The first-order valence-corrected chi connectivity index (χ1v) is 5.34. The number of nitrogens with one attached hydrogen (secondary N) is 1. The molecule has 0 aromatic rings. The summed E-state index contributed by atoms with van der Waals surface area (Å²) in [6.07, 6.45) is 2.55. The third-order valence-electron chi connectivity index (χ3n) is 2.39. The van der Waals surface area contributed by atoms with Crippen molar-refractivity contribution in [3.63, 3.8) is 0 Å². The largest absolute Gasteiger partial charge is 0.380 e. The van der Waals surface area contributed by atoms with E-state index in [1.807, 2.05) is 11.9 Å². The number of hydrogen-bond donors (Lipinski definition) is 1. The minimum atomic E-state index is 0.269. The van der Waals surface area contributed by atoms with Crippen molar-refractivity contribution in [2.75, 3.05) is 39.9 Å². The van der Waals surface area contributed by atoms with Gasteiger partial charge in [-0.1, -0.05) is 0 Å². The van der Waals surface area contributed by atoms with Gasteiger partial charge in [0.1, 0.15) is 0 Å². The highest BCUT2D eigenvalue weighted by atomic mass is 16.5. The van der Waals surface area contributed by atoms with Crippen molar-refractivity contribution in [2.45, 2.75) is 19.3 Å².